The first-order valence-electron chi connectivity index (χ1n) is 9.81. The summed E-state index contributed by atoms with van der Waals surface area (Å²) in [6.45, 7) is 7.32. The Bertz CT molecular complexity index is 312. The molecule has 0 aromatic rings. The van der Waals surface area contributed by atoms with Crippen molar-refractivity contribution in [3.8, 4) is 0 Å². The molecule has 0 radical (unpaired) electrons. The Morgan fingerprint density at radius 1 is 1.10 bits per heavy atom. The van der Waals surface area contributed by atoms with Gasteiger partial charge in [0.2, 0.25) is 0 Å². The monoisotopic (exact) mass is 292 g/mol. The maximum atomic E-state index is 6.03. The van der Waals surface area contributed by atoms with Crippen LogP contribution in [0.25, 0.3) is 0 Å². The van der Waals surface area contributed by atoms with Gasteiger partial charge >= 0.3 is 0 Å². The third-order valence-electron chi connectivity index (χ3n) is 6.91. The summed E-state index contributed by atoms with van der Waals surface area (Å²) in [5, 5.41) is 0. The van der Waals surface area contributed by atoms with E-state index in [0.717, 1.165) is 29.6 Å². The summed E-state index contributed by atoms with van der Waals surface area (Å²) >= 11 is 0. The number of hydrogen-bond donors (Lipinski definition) is 0. The minimum atomic E-state index is 0.631. The maximum absolute atomic E-state index is 6.03. The highest BCUT2D eigenvalue weighted by atomic mass is 16.5. The van der Waals surface area contributed by atoms with E-state index in [2.05, 4.69) is 20.8 Å². The molecule has 5 unspecified atom stereocenters. The van der Waals surface area contributed by atoms with Crippen molar-refractivity contribution in [1.29, 1.82) is 0 Å². The third-order valence-corrected chi connectivity index (χ3v) is 6.91. The first-order chi connectivity index (χ1) is 10.2. The molecule has 4 aliphatic rings. The Morgan fingerprint density at radius 2 is 1.81 bits per heavy atom. The van der Waals surface area contributed by atoms with E-state index in [1.807, 2.05) is 0 Å². The van der Waals surface area contributed by atoms with Crippen LogP contribution in [0.3, 0.4) is 0 Å². The molecule has 122 valence electrons. The van der Waals surface area contributed by atoms with E-state index >= 15 is 0 Å². The van der Waals surface area contributed by atoms with Crippen LogP contribution in [0, 0.1) is 29.6 Å². The average molecular weight is 293 g/mol. The molecule has 2 bridgehead atoms. The predicted molar refractivity (Wildman–Crippen MR) is 89.3 cm³/mol. The molecule has 4 fully saturated rings. The molecule has 2 saturated carbocycles. The molecule has 0 aromatic carbocycles. The fraction of sp³-hybridized carbons (Fsp3) is 1.00. The second kappa shape index (κ2) is 7.02. The largest absolute Gasteiger partial charge is 0.374 e. The molecule has 4 rings (SSSR count). The number of ether oxygens (including phenoxy) is 1. The fourth-order valence-electron chi connectivity index (χ4n) is 5.27. The lowest BCUT2D eigenvalue weighted by atomic mass is 9.67. The van der Waals surface area contributed by atoms with Gasteiger partial charge in [0.15, 0.2) is 0 Å². The Balaban J connectivity index is 1.40. The molecule has 1 heteroatoms. The topological polar surface area (TPSA) is 9.23 Å². The lowest BCUT2D eigenvalue weighted by Crippen LogP contribution is -2.52. The molecule has 0 aromatic heterocycles. The van der Waals surface area contributed by atoms with Crippen LogP contribution < -0.4 is 0 Å². The molecule has 0 spiro atoms. The summed E-state index contributed by atoms with van der Waals surface area (Å²) in [7, 11) is 0. The van der Waals surface area contributed by atoms with Crippen molar-refractivity contribution in [2.45, 2.75) is 97.2 Å². The zero-order valence-electron chi connectivity index (χ0n) is 14.5. The van der Waals surface area contributed by atoms with Gasteiger partial charge in [-0.05, 0) is 42.4 Å². The zero-order chi connectivity index (χ0) is 14.8. The highest BCUT2D eigenvalue weighted by molar-refractivity contribution is 4.94. The van der Waals surface area contributed by atoms with Gasteiger partial charge in [0.25, 0.3) is 0 Å². The quantitative estimate of drug-likeness (QED) is 0.599. The Morgan fingerprint density at radius 3 is 2.48 bits per heavy atom. The van der Waals surface area contributed by atoms with Crippen molar-refractivity contribution in [3.63, 3.8) is 0 Å². The highest BCUT2D eigenvalue weighted by Gasteiger charge is 2.46. The number of rotatable bonds is 6. The molecule has 2 aliphatic heterocycles. The van der Waals surface area contributed by atoms with Gasteiger partial charge in [0.05, 0.1) is 12.2 Å². The summed E-state index contributed by atoms with van der Waals surface area (Å²) in [6, 6.07) is 0. The fourth-order valence-corrected chi connectivity index (χ4v) is 5.27. The van der Waals surface area contributed by atoms with Crippen molar-refractivity contribution in [1.82, 2.24) is 0 Å². The van der Waals surface area contributed by atoms with Gasteiger partial charge in [0.1, 0.15) is 0 Å². The molecule has 2 saturated heterocycles. The Kier molecular flexibility index (Phi) is 5.30. The molecular weight excluding hydrogens is 256 g/mol. The van der Waals surface area contributed by atoms with Crippen LogP contribution in [0.4, 0.5) is 0 Å². The predicted octanol–water partition coefficient (Wildman–Crippen LogP) is 5.82. The molecule has 2 heterocycles. The molecule has 0 amide bonds. The zero-order valence-corrected chi connectivity index (χ0v) is 14.5. The van der Waals surface area contributed by atoms with E-state index in [-0.39, 0.29) is 0 Å². The first kappa shape index (κ1) is 15.8. The summed E-state index contributed by atoms with van der Waals surface area (Å²) in [5.41, 5.74) is 0. The van der Waals surface area contributed by atoms with Gasteiger partial charge in [-0.2, -0.15) is 0 Å². The molecule has 21 heavy (non-hydrogen) atoms. The first-order valence-corrected chi connectivity index (χ1v) is 9.81. The molecular formula is C20H36O. The van der Waals surface area contributed by atoms with Crippen LogP contribution >= 0.6 is 0 Å². The lowest BCUT2D eigenvalue weighted by molar-refractivity contribution is -0.209. The van der Waals surface area contributed by atoms with E-state index in [1.54, 1.807) is 0 Å². The standard InChI is InChI=1S/C20H36O/c1-4-17-12-18-13-20(21-18)19(17)11-15(3)7-10-16-8-5-14(2)6-9-16/h14-20H,4-13H2,1-3H3. The van der Waals surface area contributed by atoms with Crippen molar-refractivity contribution in [3.05, 3.63) is 0 Å². The van der Waals surface area contributed by atoms with Crippen molar-refractivity contribution < 1.29 is 4.74 Å². The summed E-state index contributed by atoms with van der Waals surface area (Å²) in [4.78, 5) is 0. The minimum Gasteiger partial charge on any atom is -0.374 e. The van der Waals surface area contributed by atoms with E-state index in [1.165, 1.54) is 64.2 Å². The van der Waals surface area contributed by atoms with Gasteiger partial charge in [-0.1, -0.05) is 65.7 Å². The normalized spacial score (nSPS) is 44.1. The average Bonchev–Trinajstić information content (AvgIpc) is 2.45. The van der Waals surface area contributed by atoms with Crippen LogP contribution in [0.5, 0.6) is 0 Å². The molecule has 0 N–H and O–H groups in total. The van der Waals surface area contributed by atoms with Crippen molar-refractivity contribution in [2.24, 2.45) is 29.6 Å². The van der Waals surface area contributed by atoms with Crippen LogP contribution in [-0.2, 0) is 4.74 Å². The van der Waals surface area contributed by atoms with Gasteiger partial charge < -0.3 is 4.74 Å². The number of fused-ring (bicyclic) bond motifs is 2. The van der Waals surface area contributed by atoms with Crippen molar-refractivity contribution >= 4 is 0 Å². The van der Waals surface area contributed by atoms with Gasteiger partial charge in [-0.3, -0.25) is 0 Å². The van der Waals surface area contributed by atoms with Gasteiger partial charge in [0, 0.05) is 6.42 Å². The van der Waals surface area contributed by atoms with E-state index in [4.69, 9.17) is 4.74 Å². The second-order valence-electron chi connectivity index (χ2n) is 8.64. The molecule has 1 nitrogen and oxygen atoms in total. The Hall–Kier alpha value is -0.0400. The summed E-state index contributed by atoms with van der Waals surface area (Å²) < 4.78 is 6.03. The minimum absolute atomic E-state index is 0.631. The SMILES string of the molecule is CCC1CC2CC(O2)C1CC(C)CCC1CCC(C)CC1. The Labute approximate surface area is 132 Å². The van der Waals surface area contributed by atoms with E-state index in [0.29, 0.717) is 12.2 Å². The van der Waals surface area contributed by atoms with E-state index < -0.39 is 0 Å². The smallest absolute Gasteiger partial charge is 0.0634 e. The highest BCUT2D eigenvalue weighted by Crippen LogP contribution is 2.47. The van der Waals surface area contributed by atoms with Crippen LogP contribution in [0.15, 0.2) is 0 Å². The molecule has 5 atom stereocenters. The summed E-state index contributed by atoms with van der Waals surface area (Å²) in [5.74, 6) is 4.78. The van der Waals surface area contributed by atoms with Gasteiger partial charge in [-0.25, -0.2) is 0 Å². The number of hydrogen-bond acceptors (Lipinski definition) is 1. The van der Waals surface area contributed by atoms with Crippen LogP contribution in [0.2, 0.25) is 0 Å². The maximum Gasteiger partial charge on any atom is 0.0634 e. The van der Waals surface area contributed by atoms with Gasteiger partial charge in [-0.15, -0.1) is 0 Å². The molecule has 2 aliphatic carbocycles. The lowest BCUT2D eigenvalue weighted by Gasteiger charge is -2.51. The van der Waals surface area contributed by atoms with Crippen LogP contribution in [-0.4, -0.2) is 12.2 Å². The van der Waals surface area contributed by atoms with E-state index in [9.17, 15) is 0 Å². The van der Waals surface area contributed by atoms with Crippen molar-refractivity contribution in [2.75, 3.05) is 0 Å². The third kappa shape index (κ3) is 3.84. The summed E-state index contributed by atoms with van der Waals surface area (Å²) in [6.07, 6.45) is 15.7. The second-order valence-corrected chi connectivity index (χ2v) is 8.64. The van der Waals surface area contributed by atoms with Crippen LogP contribution in [0.1, 0.15) is 85.0 Å².